The highest BCUT2D eigenvalue weighted by molar-refractivity contribution is 6.67. The molecule has 6 aromatic rings. The zero-order valence-electron chi connectivity index (χ0n) is 40.0. The number of carboxylic acids is 1. The smallest absolute Gasteiger partial charge is 0.422 e. The monoisotopic (exact) mass is 1130 g/mol. The van der Waals surface area contributed by atoms with Crippen LogP contribution in [0.15, 0.2) is 97.1 Å². The summed E-state index contributed by atoms with van der Waals surface area (Å²) in [5, 5.41) is 31.8. The molecule has 1 amide bonds. The fraction of sp³-hybridized carbons (Fsp3) is 0.306. The van der Waals surface area contributed by atoms with Crippen LogP contribution in [-0.2, 0) is 15.9 Å². The quantitative estimate of drug-likeness (QED) is 0.00973. The first kappa shape index (κ1) is 56.9. The summed E-state index contributed by atoms with van der Waals surface area (Å²) in [7, 11) is 0. The summed E-state index contributed by atoms with van der Waals surface area (Å²) in [6.45, 7) is -3.15. The first-order valence-corrected chi connectivity index (χ1v) is 24.4. The van der Waals surface area contributed by atoms with Gasteiger partial charge in [0.05, 0.1) is 16.9 Å². The van der Waals surface area contributed by atoms with Crippen LogP contribution < -0.4 is 41.8 Å². The third kappa shape index (κ3) is 17.4. The van der Waals surface area contributed by atoms with Gasteiger partial charge in [-0.3, -0.25) is 15.0 Å². The first-order chi connectivity index (χ1) is 36.4. The number of hydrogen-bond acceptors (Lipinski definition) is 16. The molecule has 2 aliphatic rings. The Labute approximate surface area is 449 Å². The van der Waals surface area contributed by atoms with Crippen molar-refractivity contribution in [1.29, 1.82) is 5.41 Å². The number of alkyl halides is 6. The molecule has 2 aromatic heterocycles. The number of hydrogen-bond donors (Lipinski definition) is 8. The second kappa shape index (κ2) is 24.5. The molecule has 77 heavy (non-hydrogen) atoms. The number of nitrogens with one attached hydrogen (secondary N) is 6. The first-order valence-electron chi connectivity index (χ1n) is 23.2. The number of amidine groups is 1. The molecule has 9 N–H and O–H groups in total. The molecule has 2 saturated carbocycles. The predicted octanol–water partition coefficient (Wildman–Crippen LogP) is 10.7. The van der Waals surface area contributed by atoms with Crippen molar-refractivity contribution in [1.82, 2.24) is 35.2 Å². The Kier molecular flexibility index (Phi) is 18.1. The molecule has 2 heterocycles. The van der Waals surface area contributed by atoms with E-state index in [9.17, 15) is 45.8 Å². The predicted molar refractivity (Wildman–Crippen MR) is 274 cm³/mol. The summed E-state index contributed by atoms with van der Waals surface area (Å²) in [5.74, 6) is -1.90. The zero-order chi connectivity index (χ0) is 55.5. The molecule has 4 aromatic carbocycles. The van der Waals surface area contributed by atoms with Gasteiger partial charge >= 0.3 is 30.3 Å². The van der Waals surface area contributed by atoms with E-state index < -0.39 is 71.8 Å². The number of aromatic nitrogens is 6. The number of halogens is 9. The third-order valence-electron chi connectivity index (χ3n) is 11.5. The molecule has 1 atom stereocenters. The summed E-state index contributed by atoms with van der Waals surface area (Å²) in [4.78, 5) is 60.0. The highest BCUT2D eigenvalue weighted by atomic mass is 35.5. The van der Waals surface area contributed by atoms with Crippen LogP contribution in [0, 0.1) is 5.41 Å². The third-order valence-corrected chi connectivity index (χ3v) is 12.2. The van der Waals surface area contributed by atoms with Crippen LogP contribution in [-0.4, -0.2) is 89.6 Å². The van der Waals surface area contributed by atoms with Crippen LogP contribution >= 0.6 is 34.8 Å². The summed E-state index contributed by atoms with van der Waals surface area (Å²) in [6, 6.07) is 24.2. The number of amides is 1. The number of aliphatic carboxylic acids is 1. The van der Waals surface area contributed by atoms with Crippen LogP contribution in [0.1, 0.15) is 83.2 Å². The van der Waals surface area contributed by atoms with Gasteiger partial charge in [0, 0.05) is 39.0 Å². The van der Waals surface area contributed by atoms with Gasteiger partial charge in [0.2, 0.25) is 23.8 Å². The van der Waals surface area contributed by atoms with E-state index in [-0.39, 0.29) is 47.2 Å². The van der Waals surface area contributed by atoms with Crippen LogP contribution in [0.5, 0.6) is 12.0 Å². The van der Waals surface area contributed by atoms with E-state index >= 15 is 0 Å². The Hall–Kier alpha value is -7.77. The fourth-order valence-electron chi connectivity index (χ4n) is 7.36. The Balaban J connectivity index is 0.000000233. The van der Waals surface area contributed by atoms with Crippen molar-refractivity contribution in [2.24, 2.45) is 5.73 Å². The van der Waals surface area contributed by atoms with E-state index in [1.165, 1.54) is 36.4 Å². The minimum atomic E-state index is -4.61. The van der Waals surface area contributed by atoms with Gasteiger partial charge in [0.1, 0.15) is 6.04 Å². The van der Waals surface area contributed by atoms with Gasteiger partial charge < -0.3 is 46.9 Å². The standard InChI is InChI=1S/C28H30ClF3N8O4.C21H16Cl2F3N5O2/c29-18-9-7-17(8-10-18)27(13-14-27)40-25-37-24(38-26(39-25)44-15-28(30,31)32)35-19-11-5-16(6-12-19)22(41)36-20(23(42)43)3-1-2-4-21(33)34;22-14-5-3-13(4-6-14)20(9-10-20)31-18-28-17(29-19(30-18)33-11-21(24,25)26)27-15-7-1-12(2-8-15)16(23)32/h5-12,20H,1-4,13-15H2,(H3,33,34)(H,36,41)(H,42,43)(H2,35,37,38,39,40);1-8H,9-11H2,(H2,27,28,29,30,31)/t20-;/m1./s1. The van der Waals surface area contributed by atoms with E-state index in [2.05, 4.69) is 56.5 Å². The largest absolute Gasteiger partial charge is 0.480 e. The molecule has 2 aliphatic carbocycles. The molecule has 0 radical (unpaired) electrons. The van der Waals surface area contributed by atoms with Gasteiger partial charge in [-0.15, -0.1) is 0 Å². The normalized spacial score (nSPS) is 14.4. The SMILES string of the molecule is N=C(N)CCCC[C@@H](NC(=O)c1ccc(Nc2nc(NC3(c4ccc(Cl)cc4)CC3)nc(OCC(F)(F)F)n2)cc1)C(=O)O.O=C(Cl)c1ccc(Nc2nc(NC3(c4ccc(Cl)cc4)CC3)nc(OCC(F)(F)F)n2)cc1. The lowest BCUT2D eigenvalue weighted by atomic mass is 10.1. The number of rotatable bonds is 23. The lowest BCUT2D eigenvalue weighted by molar-refractivity contribution is -0.155. The molecule has 0 spiro atoms. The van der Waals surface area contributed by atoms with Crippen molar-refractivity contribution in [3.8, 4) is 12.0 Å². The average molecular weight is 1130 g/mol. The van der Waals surface area contributed by atoms with Crippen LogP contribution in [0.25, 0.3) is 0 Å². The maximum absolute atomic E-state index is 12.8. The van der Waals surface area contributed by atoms with Gasteiger partial charge in [-0.1, -0.05) is 53.9 Å². The van der Waals surface area contributed by atoms with Gasteiger partial charge in [-0.2, -0.15) is 56.2 Å². The van der Waals surface area contributed by atoms with E-state index in [1.54, 1.807) is 36.4 Å². The molecule has 28 heteroatoms. The Morgan fingerprint density at radius 3 is 1.39 bits per heavy atom. The van der Waals surface area contributed by atoms with Crippen molar-refractivity contribution in [2.45, 2.75) is 80.8 Å². The number of anilines is 6. The number of nitrogens with two attached hydrogens (primary N) is 1. The Morgan fingerprint density at radius 1 is 0.623 bits per heavy atom. The van der Waals surface area contributed by atoms with Gasteiger partial charge in [0.25, 0.3) is 11.1 Å². The summed E-state index contributed by atoms with van der Waals surface area (Å²) >= 11 is 17.4. The number of carbonyl (C=O) groups is 3. The second-order valence-corrected chi connectivity index (χ2v) is 18.8. The highest BCUT2D eigenvalue weighted by Crippen LogP contribution is 2.49. The van der Waals surface area contributed by atoms with E-state index in [0.717, 1.165) is 36.8 Å². The lowest BCUT2D eigenvalue weighted by Gasteiger charge is -2.19. The minimum Gasteiger partial charge on any atom is -0.480 e. The van der Waals surface area contributed by atoms with Crippen molar-refractivity contribution in [2.75, 3.05) is 34.5 Å². The summed E-state index contributed by atoms with van der Waals surface area (Å²) in [5.41, 5.74) is 7.50. The van der Waals surface area contributed by atoms with Gasteiger partial charge in [0.15, 0.2) is 13.2 Å². The zero-order valence-corrected chi connectivity index (χ0v) is 42.3. The topological polar surface area (TPSA) is 277 Å². The van der Waals surface area contributed by atoms with E-state index in [0.29, 0.717) is 40.7 Å². The minimum absolute atomic E-state index is 0.00821. The van der Waals surface area contributed by atoms with Crippen molar-refractivity contribution >= 4 is 92.9 Å². The number of benzene rings is 4. The van der Waals surface area contributed by atoms with Crippen LogP contribution in [0.2, 0.25) is 10.0 Å². The lowest BCUT2D eigenvalue weighted by Crippen LogP contribution is -2.40. The van der Waals surface area contributed by atoms with Crippen molar-refractivity contribution in [3.05, 3.63) is 129 Å². The molecule has 2 fully saturated rings. The number of nitrogens with zero attached hydrogens (tertiary/aromatic N) is 6. The molecule has 0 aliphatic heterocycles. The number of unbranched alkanes of at least 4 members (excludes halogenated alkanes) is 1. The second-order valence-electron chi connectivity index (χ2n) is 17.6. The molecular weight excluding hydrogens is 1090 g/mol. The fourth-order valence-corrected chi connectivity index (χ4v) is 7.73. The van der Waals surface area contributed by atoms with Crippen molar-refractivity contribution < 1.29 is 55.3 Å². The van der Waals surface area contributed by atoms with E-state index in [4.69, 9.17) is 55.4 Å². The Bertz CT molecular complexity index is 3050. The molecule has 0 bridgehead atoms. The number of ether oxygens (including phenoxy) is 2. The van der Waals surface area contributed by atoms with Crippen LogP contribution in [0.3, 0.4) is 0 Å². The summed E-state index contributed by atoms with van der Waals surface area (Å²) < 4.78 is 86.0. The maximum Gasteiger partial charge on any atom is 0.422 e. The maximum atomic E-state index is 12.8. The molecular formula is C49H46Cl3F6N13O6. The molecule has 0 saturated heterocycles. The van der Waals surface area contributed by atoms with E-state index in [1.807, 2.05) is 24.3 Å². The Morgan fingerprint density at radius 2 is 1.03 bits per heavy atom. The van der Waals surface area contributed by atoms with Gasteiger partial charge in [-0.05, 0) is 134 Å². The highest BCUT2D eigenvalue weighted by Gasteiger charge is 2.46. The summed E-state index contributed by atoms with van der Waals surface area (Å²) in [6.07, 6.45) is -4.68. The van der Waals surface area contributed by atoms with Crippen molar-refractivity contribution in [3.63, 3.8) is 0 Å². The molecule has 8 rings (SSSR count). The van der Waals surface area contributed by atoms with Crippen LogP contribution in [0.4, 0.5) is 61.5 Å². The number of carboxylic acid groups (broad SMARTS) is 1. The molecule has 0 unspecified atom stereocenters. The molecule has 19 nitrogen and oxygen atoms in total. The number of carbonyl (C=O) groups excluding carboxylic acids is 2. The average Bonchev–Trinajstić information content (AvgIpc) is 4.32. The molecule has 406 valence electrons. The van der Waals surface area contributed by atoms with Gasteiger partial charge in [-0.25, -0.2) is 4.79 Å².